The summed E-state index contributed by atoms with van der Waals surface area (Å²) < 4.78 is 12.2. The lowest BCUT2D eigenvalue weighted by molar-refractivity contribution is -0.135. The number of hydrogen-bond acceptors (Lipinski definition) is 7. The fraction of sp³-hybridized carbons (Fsp3) is 0.762. The van der Waals surface area contributed by atoms with Gasteiger partial charge in [-0.15, -0.1) is 0 Å². The van der Waals surface area contributed by atoms with Crippen LogP contribution >= 0.6 is 0 Å². The predicted octanol–water partition coefficient (Wildman–Crippen LogP) is 1.13. The molecule has 4 N–H and O–H groups in total. The standard InChI is InChI=1S/C21H32O7/c1-11(5-6-16(24)20(2,3)26)7-12-10-21(4)17(27-12)8-13-18(25)14(22)9-15(23)19(13)28-21/h7,12,14-17,22-24,26H,5-6,8-10H2,1-4H3. The molecule has 0 amide bonds. The lowest BCUT2D eigenvalue weighted by atomic mass is 9.81. The number of rotatable bonds is 5. The molecule has 0 radical (unpaired) electrons. The van der Waals surface area contributed by atoms with E-state index in [1.54, 1.807) is 13.8 Å². The van der Waals surface area contributed by atoms with Crippen molar-refractivity contribution < 1.29 is 34.7 Å². The molecule has 7 nitrogen and oxygen atoms in total. The summed E-state index contributed by atoms with van der Waals surface area (Å²) in [5.74, 6) is -0.103. The fourth-order valence-corrected chi connectivity index (χ4v) is 4.24. The SMILES string of the molecule is CC(=CC1CC2(C)OC3=C(CC2O1)C(=O)C(O)CC3O)CCC(O)C(C)(C)O. The van der Waals surface area contributed by atoms with E-state index in [1.807, 2.05) is 19.9 Å². The van der Waals surface area contributed by atoms with Crippen LogP contribution in [0.15, 0.2) is 23.0 Å². The lowest BCUT2D eigenvalue weighted by Crippen LogP contribution is -2.48. The van der Waals surface area contributed by atoms with Crippen LogP contribution in [0.1, 0.15) is 59.8 Å². The van der Waals surface area contributed by atoms with E-state index >= 15 is 0 Å². The normalized spacial score (nSPS) is 37.4. The highest BCUT2D eigenvalue weighted by Gasteiger charge is 2.53. The van der Waals surface area contributed by atoms with E-state index in [2.05, 4.69) is 0 Å². The second-order valence-corrected chi connectivity index (χ2v) is 9.18. The summed E-state index contributed by atoms with van der Waals surface area (Å²) in [6.45, 7) is 7.05. The highest BCUT2D eigenvalue weighted by Crippen LogP contribution is 2.46. The van der Waals surface area contributed by atoms with Crippen LogP contribution in [0.5, 0.6) is 0 Å². The van der Waals surface area contributed by atoms with Crippen molar-refractivity contribution in [3.05, 3.63) is 23.0 Å². The fourth-order valence-electron chi connectivity index (χ4n) is 4.24. The summed E-state index contributed by atoms with van der Waals surface area (Å²) in [5.41, 5.74) is -0.400. The Balaban J connectivity index is 1.66. The molecule has 0 spiro atoms. The van der Waals surface area contributed by atoms with Gasteiger partial charge in [-0.05, 0) is 40.5 Å². The summed E-state index contributed by atoms with van der Waals surface area (Å²) in [6, 6.07) is 0. The molecule has 0 aromatic rings. The molecule has 0 aromatic heterocycles. The van der Waals surface area contributed by atoms with Crippen molar-refractivity contribution >= 4 is 5.78 Å². The van der Waals surface area contributed by atoms with Crippen molar-refractivity contribution in [1.29, 1.82) is 0 Å². The third-order valence-corrected chi connectivity index (χ3v) is 6.10. The van der Waals surface area contributed by atoms with Gasteiger partial charge in [-0.1, -0.05) is 11.6 Å². The van der Waals surface area contributed by atoms with Gasteiger partial charge < -0.3 is 29.9 Å². The molecule has 7 heteroatoms. The molecule has 3 rings (SSSR count). The van der Waals surface area contributed by atoms with Crippen molar-refractivity contribution in [3.8, 4) is 0 Å². The minimum Gasteiger partial charge on any atom is -0.486 e. The Morgan fingerprint density at radius 3 is 2.68 bits per heavy atom. The van der Waals surface area contributed by atoms with E-state index < -0.39 is 29.5 Å². The number of carbonyl (C=O) groups excluding carboxylic acids is 1. The third kappa shape index (κ3) is 4.19. The van der Waals surface area contributed by atoms with Gasteiger partial charge in [0, 0.05) is 24.8 Å². The number of fused-ring (bicyclic) bond motifs is 1. The van der Waals surface area contributed by atoms with Gasteiger partial charge in [0.05, 0.1) is 17.8 Å². The topological polar surface area (TPSA) is 116 Å². The minimum absolute atomic E-state index is 0.0365. The first-order chi connectivity index (χ1) is 12.9. The van der Waals surface area contributed by atoms with E-state index in [1.165, 1.54) is 0 Å². The Hall–Kier alpha value is -1.25. The van der Waals surface area contributed by atoms with Crippen LogP contribution in [0.3, 0.4) is 0 Å². The van der Waals surface area contributed by atoms with Crippen LogP contribution in [-0.4, -0.2) is 67.9 Å². The smallest absolute Gasteiger partial charge is 0.190 e. The van der Waals surface area contributed by atoms with Crippen LogP contribution in [0.2, 0.25) is 0 Å². The molecule has 2 heterocycles. The lowest BCUT2D eigenvalue weighted by Gasteiger charge is -2.41. The largest absolute Gasteiger partial charge is 0.486 e. The number of aliphatic hydroxyl groups excluding tert-OH is 3. The van der Waals surface area contributed by atoms with E-state index in [-0.39, 0.29) is 30.2 Å². The second kappa shape index (κ2) is 7.54. The Morgan fingerprint density at radius 2 is 2.04 bits per heavy atom. The molecule has 6 unspecified atom stereocenters. The van der Waals surface area contributed by atoms with Crippen LogP contribution in [0.4, 0.5) is 0 Å². The van der Waals surface area contributed by atoms with Crippen LogP contribution in [0.25, 0.3) is 0 Å². The monoisotopic (exact) mass is 396 g/mol. The Labute approximate surface area is 165 Å². The number of aliphatic hydroxyl groups is 4. The second-order valence-electron chi connectivity index (χ2n) is 9.18. The zero-order valence-electron chi connectivity index (χ0n) is 17.0. The highest BCUT2D eigenvalue weighted by atomic mass is 16.6. The number of ether oxygens (including phenoxy) is 2. The molecule has 1 saturated heterocycles. The molecule has 2 aliphatic heterocycles. The zero-order chi connectivity index (χ0) is 20.9. The molecule has 28 heavy (non-hydrogen) atoms. The number of carbonyl (C=O) groups is 1. The molecule has 158 valence electrons. The summed E-state index contributed by atoms with van der Waals surface area (Å²) in [6.07, 6.45) is 0.443. The summed E-state index contributed by atoms with van der Waals surface area (Å²) in [5, 5.41) is 39.9. The summed E-state index contributed by atoms with van der Waals surface area (Å²) >= 11 is 0. The molecule has 1 fully saturated rings. The predicted molar refractivity (Wildman–Crippen MR) is 101 cm³/mol. The summed E-state index contributed by atoms with van der Waals surface area (Å²) in [4.78, 5) is 12.3. The first-order valence-corrected chi connectivity index (χ1v) is 9.96. The maximum atomic E-state index is 12.3. The summed E-state index contributed by atoms with van der Waals surface area (Å²) in [7, 11) is 0. The molecular weight excluding hydrogens is 364 g/mol. The van der Waals surface area contributed by atoms with Crippen LogP contribution < -0.4 is 0 Å². The number of ketones is 1. The quantitative estimate of drug-likeness (QED) is 0.515. The van der Waals surface area contributed by atoms with Crippen LogP contribution in [0, 0.1) is 0 Å². The van der Waals surface area contributed by atoms with Crippen molar-refractivity contribution in [3.63, 3.8) is 0 Å². The van der Waals surface area contributed by atoms with Crippen molar-refractivity contribution in [2.45, 2.75) is 102 Å². The van der Waals surface area contributed by atoms with E-state index in [9.17, 15) is 25.2 Å². The maximum absolute atomic E-state index is 12.3. The van der Waals surface area contributed by atoms with Gasteiger partial charge in [-0.2, -0.15) is 0 Å². The van der Waals surface area contributed by atoms with Crippen molar-refractivity contribution in [2.75, 3.05) is 0 Å². The van der Waals surface area contributed by atoms with E-state index in [0.29, 0.717) is 31.3 Å². The maximum Gasteiger partial charge on any atom is 0.190 e. The minimum atomic E-state index is -1.19. The number of Topliss-reactive ketones (excluding diaryl/α,β-unsaturated/α-hetero) is 1. The van der Waals surface area contributed by atoms with Crippen molar-refractivity contribution in [1.82, 2.24) is 0 Å². The molecule has 0 bridgehead atoms. The van der Waals surface area contributed by atoms with E-state index in [0.717, 1.165) is 5.57 Å². The van der Waals surface area contributed by atoms with Gasteiger partial charge in [-0.3, -0.25) is 4.79 Å². The number of allylic oxidation sites excluding steroid dienone is 1. The van der Waals surface area contributed by atoms with Gasteiger partial charge in [0.2, 0.25) is 0 Å². The Kier molecular flexibility index (Phi) is 5.78. The van der Waals surface area contributed by atoms with E-state index in [4.69, 9.17) is 9.47 Å². The van der Waals surface area contributed by atoms with Crippen molar-refractivity contribution in [2.24, 2.45) is 0 Å². The zero-order valence-corrected chi connectivity index (χ0v) is 17.0. The van der Waals surface area contributed by atoms with Gasteiger partial charge in [0.25, 0.3) is 0 Å². The van der Waals surface area contributed by atoms with Gasteiger partial charge >= 0.3 is 0 Å². The first-order valence-electron chi connectivity index (χ1n) is 9.96. The molecule has 1 aliphatic carbocycles. The first kappa shape index (κ1) is 21.5. The Bertz CT molecular complexity index is 689. The molecule has 0 saturated carbocycles. The van der Waals surface area contributed by atoms with Gasteiger partial charge in [-0.25, -0.2) is 0 Å². The average molecular weight is 396 g/mol. The van der Waals surface area contributed by atoms with Gasteiger partial charge in [0.15, 0.2) is 5.78 Å². The number of hydrogen-bond donors (Lipinski definition) is 4. The molecule has 3 aliphatic rings. The molecular formula is C21H32O7. The van der Waals surface area contributed by atoms with Gasteiger partial charge in [0.1, 0.15) is 29.7 Å². The highest BCUT2D eigenvalue weighted by molar-refractivity contribution is 6.00. The third-order valence-electron chi connectivity index (χ3n) is 6.10. The molecule has 6 atom stereocenters. The molecule has 0 aromatic carbocycles. The Morgan fingerprint density at radius 1 is 1.36 bits per heavy atom. The average Bonchev–Trinajstić information content (AvgIpc) is 2.90. The van der Waals surface area contributed by atoms with Crippen LogP contribution in [-0.2, 0) is 14.3 Å².